The molecular formula is C17H20N4O2. The lowest BCUT2D eigenvalue weighted by Gasteiger charge is -2.23. The predicted octanol–water partition coefficient (Wildman–Crippen LogP) is 2.43. The van der Waals surface area contributed by atoms with Crippen molar-refractivity contribution in [2.45, 2.75) is 39.0 Å². The molecule has 2 aromatic rings. The van der Waals surface area contributed by atoms with E-state index in [9.17, 15) is 0 Å². The summed E-state index contributed by atoms with van der Waals surface area (Å²) in [4.78, 5) is 6.52. The molecule has 2 heterocycles. The molecule has 0 amide bonds. The van der Waals surface area contributed by atoms with Crippen LogP contribution < -0.4 is 0 Å². The van der Waals surface area contributed by atoms with E-state index in [0.29, 0.717) is 23.8 Å². The summed E-state index contributed by atoms with van der Waals surface area (Å²) in [5, 5.41) is 12.9. The summed E-state index contributed by atoms with van der Waals surface area (Å²) in [6.07, 6.45) is 2.44. The van der Waals surface area contributed by atoms with Crippen LogP contribution in [0.5, 0.6) is 0 Å². The minimum absolute atomic E-state index is 0.248. The van der Waals surface area contributed by atoms with Gasteiger partial charge < -0.3 is 9.26 Å². The van der Waals surface area contributed by atoms with Gasteiger partial charge in [0.1, 0.15) is 0 Å². The van der Waals surface area contributed by atoms with Gasteiger partial charge in [0.2, 0.25) is 5.89 Å². The zero-order valence-electron chi connectivity index (χ0n) is 13.2. The van der Waals surface area contributed by atoms with Crippen molar-refractivity contribution in [1.29, 1.82) is 5.26 Å². The standard InChI is InChI=1S/C17H20N4O2/c1-13-19-17(23-20-13)12-21(11-16-6-3-7-22-16)10-15-5-2-4-14(8-15)9-18/h2,4-5,8,16H,3,6-7,10-12H2,1H3/t16-/m0/s1. The number of benzene rings is 1. The van der Waals surface area contributed by atoms with Gasteiger partial charge in [0.05, 0.1) is 24.3 Å². The Morgan fingerprint density at radius 1 is 1.39 bits per heavy atom. The van der Waals surface area contributed by atoms with Gasteiger partial charge in [0.15, 0.2) is 5.82 Å². The van der Waals surface area contributed by atoms with Crippen molar-refractivity contribution in [2.75, 3.05) is 13.2 Å². The molecule has 0 N–H and O–H groups in total. The van der Waals surface area contributed by atoms with Gasteiger partial charge >= 0.3 is 0 Å². The highest BCUT2D eigenvalue weighted by molar-refractivity contribution is 5.32. The molecule has 1 aromatic carbocycles. The van der Waals surface area contributed by atoms with Gasteiger partial charge in [-0.2, -0.15) is 10.2 Å². The quantitative estimate of drug-likeness (QED) is 0.815. The lowest BCUT2D eigenvalue weighted by Crippen LogP contribution is -2.31. The van der Waals surface area contributed by atoms with Gasteiger partial charge in [-0.05, 0) is 37.5 Å². The third-order valence-corrected chi connectivity index (χ3v) is 3.88. The van der Waals surface area contributed by atoms with E-state index in [1.54, 1.807) is 0 Å². The fourth-order valence-electron chi connectivity index (χ4n) is 2.85. The number of ether oxygens (including phenoxy) is 1. The van der Waals surface area contributed by atoms with Crippen LogP contribution in [0.3, 0.4) is 0 Å². The van der Waals surface area contributed by atoms with Crippen molar-refractivity contribution in [3.05, 3.63) is 47.1 Å². The van der Waals surface area contributed by atoms with Crippen LogP contribution in [-0.2, 0) is 17.8 Å². The smallest absolute Gasteiger partial charge is 0.240 e. The molecule has 1 atom stereocenters. The number of nitriles is 1. The lowest BCUT2D eigenvalue weighted by molar-refractivity contribution is 0.0640. The van der Waals surface area contributed by atoms with Crippen LogP contribution in [0.25, 0.3) is 0 Å². The van der Waals surface area contributed by atoms with Crippen LogP contribution >= 0.6 is 0 Å². The Morgan fingerprint density at radius 2 is 2.30 bits per heavy atom. The Balaban J connectivity index is 1.71. The fraction of sp³-hybridized carbons (Fsp3) is 0.471. The molecular weight excluding hydrogens is 292 g/mol. The normalized spacial score (nSPS) is 17.5. The average Bonchev–Trinajstić information content (AvgIpc) is 3.19. The Labute approximate surface area is 135 Å². The molecule has 0 bridgehead atoms. The second-order valence-electron chi connectivity index (χ2n) is 5.85. The summed E-state index contributed by atoms with van der Waals surface area (Å²) in [7, 11) is 0. The highest BCUT2D eigenvalue weighted by Gasteiger charge is 2.21. The van der Waals surface area contributed by atoms with E-state index in [-0.39, 0.29) is 6.10 Å². The predicted molar refractivity (Wildman–Crippen MR) is 83.3 cm³/mol. The highest BCUT2D eigenvalue weighted by Crippen LogP contribution is 2.17. The van der Waals surface area contributed by atoms with Gasteiger partial charge in [-0.15, -0.1) is 0 Å². The fourth-order valence-corrected chi connectivity index (χ4v) is 2.85. The Kier molecular flexibility index (Phi) is 5.01. The molecule has 6 nitrogen and oxygen atoms in total. The molecule has 6 heteroatoms. The molecule has 1 aliphatic rings. The third-order valence-electron chi connectivity index (χ3n) is 3.88. The molecule has 23 heavy (non-hydrogen) atoms. The van der Waals surface area contributed by atoms with Gasteiger partial charge in [0.25, 0.3) is 0 Å². The second kappa shape index (κ2) is 7.36. The van der Waals surface area contributed by atoms with E-state index in [1.807, 2.05) is 31.2 Å². The topological polar surface area (TPSA) is 75.2 Å². The van der Waals surface area contributed by atoms with Gasteiger partial charge in [-0.25, -0.2) is 0 Å². The van der Waals surface area contributed by atoms with Crippen molar-refractivity contribution in [3.63, 3.8) is 0 Å². The maximum Gasteiger partial charge on any atom is 0.240 e. The highest BCUT2D eigenvalue weighted by atomic mass is 16.5. The zero-order valence-corrected chi connectivity index (χ0v) is 13.2. The average molecular weight is 312 g/mol. The number of nitrogens with zero attached hydrogens (tertiary/aromatic N) is 4. The van der Waals surface area contributed by atoms with E-state index >= 15 is 0 Å². The van der Waals surface area contributed by atoms with Gasteiger partial charge in [-0.1, -0.05) is 17.3 Å². The Hall–Kier alpha value is -2.23. The summed E-state index contributed by atoms with van der Waals surface area (Å²) >= 11 is 0. The van der Waals surface area contributed by atoms with E-state index in [1.165, 1.54) is 0 Å². The molecule has 120 valence electrons. The van der Waals surface area contributed by atoms with Crippen molar-refractivity contribution < 1.29 is 9.26 Å². The summed E-state index contributed by atoms with van der Waals surface area (Å²) in [5.74, 6) is 1.25. The van der Waals surface area contributed by atoms with Crippen molar-refractivity contribution >= 4 is 0 Å². The van der Waals surface area contributed by atoms with E-state index in [4.69, 9.17) is 14.5 Å². The number of aromatic nitrogens is 2. The first kappa shape index (κ1) is 15.7. The minimum Gasteiger partial charge on any atom is -0.377 e. The minimum atomic E-state index is 0.248. The van der Waals surface area contributed by atoms with Crippen molar-refractivity contribution in [2.24, 2.45) is 0 Å². The first-order chi connectivity index (χ1) is 11.2. The molecule has 0 spiro atoms. The number of rotatable bonds is 6. The molecule has 1 aromatic heterocycles. The van der Waals surface area contributed by atoms with Crippen LogP contribution in [0.4, 0.5) is 0 Å². The summed E-state index contributed by atoms with van der Waals surface area (Å²) < 4.78 is 11.0. The molecule has 0 aliphatic carbocycles. The van der Waals surface area contributed by atoms with E-state index in [0.717, 1.165) is 38.1 Å². The molecule has 1 aliphatic heterocycles. The van der Waals surface area contributed by atoms with Gasteiger partial charge in [-0.3, -0.25) is 4.90 Å². The zero-order chi connectivity index (χ0) is 16.1. The van der Waals surface area contributed by atoms with Crippen molar-refractivity contribution in [3.8, 4) is 6.07 Å². The molecule has 3 rings (SSSR count). The van der Waals surface area contributed by atoms with E-state index in [2.05, 4.69) is 21.1 Å². The SMILES string of the molecule is Cc1noc(CN(Cc2cccc(C#N)c2)C[C@@H]2CCCO2)n1. The van der Waals surface area contributed by atoms with Crippen LogP contribution in [0.1, 0.15) is 35.7 Å². The van der Waals surface area contributed by atoms with E-state index < -0.39 is 0 Å². The number of hydrogen-bond donors (Lipinski definition) is 0. The number of hydrogen-bond acceptors (Lipinski definition) is 6. The van der Waals surface area contributed by atoms with Crippen LogP contribution in [0.2, 0.25) is 0 Å². The largest absolute Gasteiger partial charge is 0.377 e. The summed E-state index contributed by atoms with van der Waals surface area (Å²) in [5.41, 5.74) is 1.77. The van der Waals surface area contributed by atoms with Crippen LogP contribution in [0, 0.1) is 18.3 Å². The Morgan fingerprint density at radius 3 is 3.00 bits per heavy atom. The molecule has 0 unspecified atom stereocenters. The Bertz CT molecular complexity index is 686. The maximum absolute atomic E-state index is 9.05. The first-order valence-corrected chi connectivity index (χ1v) is 7.85. The first-order valence-electron chi connectivity index (χ1n) is 7.85. The molecule has 1 saturated heterocycles. The molecule has 0 radical (unpaired) electrons. The lowest BCUT2D eigenvalue weighted by atomic mass is 10.1. The van der Waals surface area contributed by atoms with Gasteiger partial charge in [0, 0.05) is 19.7 Å². The van der Waals surface area contributed by atoms with Crippen LogP contribution in [-0.4, -0.2) is 34.3 Å². The molecule has 0 saturated carbocycles. The monoisotopic (exact) mass is 312 g/mol. The summed E-state index contributed by atoms with van der Waals surface area (Å²) in [6, 6.07) is 9.86. The number of aryl methyl sites for hydroxylation is 1. The van der Waals surface area contributed by atoms with Crippen molar-refractivity contribution in [1.82, 2.24) is 15.0 Å². The van der Waals surface area contributed by atoms with Crippen LogP contribution in [0.15, 0.2) is 28.8 Å². The maximum atomic E-state index is 9.05. The third kappa shape index (κ3) is 4.38. The summed E-state index contributed by atoms with van der Waals surface area (Å²) in [6.45, 7) is 4.77. The second-order valence-corrected chi connectivity index (χ2v) is 5.85. The molecule has 1 fully saturated rings.